The highest BCUT2D eigenvalue weighted by atomic mass is 16.5. The maximum Gasteiger partial charge on any atom is 0.321 e. The number of methoxy groups -OCH3 is 1. The third kappa shape index (κ3) is 3.12. The number of anilines is 1. The lowest BCUT2D eigenvalue weighted by Crippen LogP contribution is -2.07. The van der Waals surface area contributed by atoms with E-state index >= 15 is 0 Å². The molecule has 0 aliphatic rings. The van der Waals surface area contributed by atoms with Crippen LogP contribution in [0.15, 0.2) is 6.07 Å². The van der Waals surface area contributed by atoms with E-state index in [4.69, 9.17) is 20.3 Å². The number of nitrogens with zero attached hydrogens (tertiary/aromatic N) is 2. The number of nitrogen functional groups attached to an aromatic ring is 1. The van der Waals surface area contributed by atoms with E-state index in [-0.39, 0.29) is 17.7 Å². The van der Waals surface area contributed by atoms with E-state index in [1.165, 1.54) is 6.07 Å². The Bertz CT molecular complexity index is 259. The van der Waals surface area contributed by atoms with Gasteiger partial charge in [0.2, 0.25) is 5.88 Å². The van der Waals surface area contributed by atoms with Crippen molar-refractivity contribution in [3.8, 4) is 11.9 Å². The van der Waals surface area contributed by atoms with Gasteiger partial charge in [0.15, 0.2) is 0 Å². The summed E-state index contributed by atoms with van der Waals surface area (Å²) < 4.78 is 9.77. The van der Waals surface area contributed by atoms with E-state index in [9.17, 15) is 0 Å². The molecule has 0 aliphatic heterocycles. The third-order valence-corrected chi connectivity index (χ3v) is 1.23. The molecule has 0 radical (unpaired) electrons. The zero-order valence-corrected chi connectivity index (χ0v) is 7.23. The summed E-state index contributed by atoms with van der Waals surface area (Å²) in [6.07, 6.45) is 0. The summed E-state index contributed by atoms with van der Waals surface area (Å²) in [5.41, 5.74) is 5.34. The Morgan fingerprint density at radius 1 is 1.46 bits per heavy atom. The summed E-state index contributed by atoms with van der Waals surface area (Å²) >= 11 is 0. The lowest BCUT2D eigenvalue weighted by atomic mass is 10.6. The zero-order chi connectivity index (χ0) is 9.68. The highest BCUT2D eigenvalue weighted by Gasteiger charge is 2.01. The van der Waals surface area contributed by atoms with Gasteiger partial charge in [0.1, 0.15) is 12.4 Å². The summed E-state index contributed by atoms with van der Waals surface area (Å²) in [5.74, 6) is -0.0418. The standard InChI is InChI=1S/C7H11N3O3/c1-12-2-3-13-7-9-5(8)4-6(11)10-7/h4H,2-3H2,1H3,(H3,8,9,10,11). The van der Waals surface area contributed by atoms with Crippen LogP contribution in [0.1, 0.15) is 0 Å². The van der Waals surface area contributed by atoms with Gasteiger partial charge >= 0.3 is 6.01 Å². The van der Waals surface area contributed by atoms with Gasteiger partial charge < -0.3 is 20.3 Å². The Balaban J connectivity index is 2.56. The fourth-order valence-electron chi connectivity index (χ4n) is 0.711. The van der Waals surface area contributed by atoms with Crippen LogP contribution >= 0.6 is 0 Å². The zero-order valence-electron chi connectivity index (χ0n) is 7.23. The monoisotopic (exact) mass is 185 g/mol. The number of aromatic nitrogens is 2. The van der Waals surface area contributed by atoms with Crippen LogP contribution in [0, 0.1) is 0 Å². The number of ether oxygens (including phenoxy) is 2. The molecule has 0 amide bonds. The molecule has 0 atom stereocenters. The van der Waals surface area contributed by atoms with E-state index in [1.54, 1.807) is 7.11 Å². The lowest BCUT2D eigenvalue weighted by Gasteiger charge is -2.03. The first-order valence-electron chi connectivity index (χ1n) is 3.67. The second-order valence-electron chi connectivity index (χ2n) is 2.27. The number of hydrogen-bond acceptors (Lipinski definition) is 6. The SMILES string of the molecule is COCCOc1nc(N)cc(O)n1. The average Bonchev–Trinajstić information content (AvgIpc) is 2.03. The highest BCUT2D eigenvalue weighted by Crippen LogP contribution is 2.12. The minimum Gasteiger partial charge on any atom is -0.493 e. The average molecular weight is 185 g/mol. The molecule has 0 spiro atoms. The second-order valence-corrected chi connectivity index (χ2v) is 2.27. The smallest absolute Gasteiger partial charge is 0.321 e. The minimum absolute atomic E-state index is 0.0505. The number of hydrogen-bond donors (Lipinski definition) is 2. The largest absolute Gasteiger partial charge is 0.493 e. The van der Waals surface area contributed by atoms with Crippen LogP contribution in [-0.2, 0) is 4.74 Å². The van der Waals surface area contributed by atoms with E-state index in [0.717, 1.165) is 0 Å². The Morgan fingerprint density at radius 2 is 2.23 bits per heavy atom. The van der Waals surface area contributed by atoms with Crippen molar-refractivity contribution in [3.05, 3.63) is 6.07 Å². The Labute approximate surface area is 75.3 Å². The van der Waals surface area contributed by atoms with E-state index in [2.05, 4.69) is 9.97 Å². The summed E-state index contributed by atoms with van der Waals surface area (Å²) in [6.45, 7) is 0.748. The van der Waals surface area contributed by atoms with Gasteiger partial charge in [-0.1, -0.05) is 0 Å². The Hall–Kier alpha value is -1.56. The molecule has 0 saturated carbocycles. The van der Waals surface area contributed by atoms with Crippen molar-refractivity contribution in [3.63, 3.8) is 0 Å². The van der Waals surface area contributed by atoms with Crippen molar-refractivity contribution in [2.24, 2.45) is 0 Å². The van der Waals surface area contributed by atoms with Crippen LogP contribution in [0.3, 0.4) is 0 Å². The molecule has 0 aromatic carbocycles. The predicted octanol–water partition coefficient (Wildman–Crippen LogP) is -0.210. The summed E-state index contributed by atoms with van der Waals surface area (Å²) in [4.78, 5) is 7.33. The van der Waals surface area contributed by atoms with Gasteiger partial charge in [-0.2, -0.15) is 9.97 Å². The second kappa shape index (κ2) is 4.46. The fraction of sp³-hybridized carbons (Fsp3) is 0.429. The molecule has 1 heterocycles. The summed E-state index contributed by atoms with van der Waals surface area (Å²) in [5, 5.41) is 9.01. The quantitative estimate of drug-likeness (QED) is 0.631. The molecule has 0 unspecified atom stereocenters. The van der Waals surface area contributed by atoms with Gasteiger partial charge in [0, 0.05) is 13.2 Å². The van der Waals surface area contributed by atoms with Gasteiger partial charge in [-0.05, 0) is 0 Å². The molecule has 13 heavy (non-hydrogen) atoms. The van der Waals surface area contributed by atoms with Crippen LogP contribution in [0.5, 0.6) is 11.9 Å². The van der Waals surface area contributed by atoms with Crippen LogP contribution in [0.2, 0.25) is 0 Å². The van der Waals surface area contributed by atoms with Gasteiger partial charge in [0.05, 0.1) is 6.61 Å². The van der Waals surface area contributed by atoms with Gasteiger partial charge in [-0.25, -0.2) is 0 Å². The molecule has 72 valence electrons. The maximum atomic E-state index is 9.01. The van der Waals surface area contributed by atoms with Crippen LogP contribution in [-0.4, -0.2) is 35.4 Å². The molecule has 1 aromatic rings. The number of nitrogens with two attached hydrogens (primary N) is 1. The van der Waals surface area contributed by atoms with Crippen molar-refractivity contribution in [1.29, 1.82) is 0 Å². The van der Waals surface area contributed by atoms with Crippen molar-refractivity contribution >= 4 is 5.82 Å². The van der Waals surface area contributed by atoms with Crippen molar-refractivity contribution < 1.29 is 14.6 Å². The summed E-state index contributed by atoms with van der Waals surface area (Å²) in [6, 6.07) is 1.29. The topological polar surface area (TPSA) is 90.5 Å². The Kier molecular flexibility index (Phi) is 3.27. The molecule has 1 aromatic heterocycles. The molecule has 0 saturated heterocycles. The predicted molar refractivity (Wildman–Crippen MR) is 45.5 cm³/mol. The lowest BCUT2D eigenvalue weighted by molar-refractivity contribution is 0.140. The molecular formula is C7H11N3O3. The first-order chi connectivity index (χ1) is 6.22. The number of rotatable bonds is 4. The Morgan fingerprint density at radius 3 is 2.85 bits per heavy atom. The first kappa shape index (κ1) is 9.53. The molecule has 0 aliphatic carbocycles. The molecular weight excluding hydrogens is 174 g/mol. The van der Waals surface area contributed by atoms with Crippen molar-refractivity contribution in [2.45, 2.75) is 0 Å². The van der Waals surface area contributed by atoms with Crippen LogP contribution in [0.25, 0.3) is 0 Å². The fourth-order valence-corrected chi connectivity index (χ4v) is 0.711. The summed E-state index contributed by atoms with van der Waals surface area (Å²) in [7, 11) is 1.56. The maximum absolute atomic E-state index is 9.01. The van der Waals surface area contributed by atoms with Gasteiger partial charge in [-0.15, -0.1) is 0 Å². The van der Waals surface area contributed by atoms with E-state index in [0.29, 0.717) is 13.2 Å². The van der Waals surface area contributed by atoms with E-state index < -0.39 is 0 Å². The normalized spacial score (nSPS) is 9.92. The van der Waals surface area contributed by atoms with Crippen LogP contribution < -0.4 is 10.5 Å². The third-order valence-electron chi connectivity index (χ3n) is 1.23. The van der Waals surface area contributed by atoms with Gasteiger partial charge in [-0.3, -0.25) is 0 Å². The molecule has 0 fully saturated rings. The molecule has 1 rings (SSSR count). The van der Waals surface area contributed by atoms with Gasteiger partial charge in [0.25, 0.3) is 0 Å². The molecule has 6 nitrogen and oxygen atoms in total. The molecule has 3 N–H and O–H groups in total. The first-order valence-corrected chi connectivity index (χ1v) is 3.67. The van der Waals surface area contributed by atoms with Crippen molar-refractivity contribution in [2.75, 3.05) is 26.1 Å². The number of aromatic hydroxyl groups is 1. The highest BCUT2D eigenvalue weighted by molar-refractivity contribution is 5.33. The van der Waals surface area contributed by atoms with E-state index in [1.807, 2.05) is 0 Å². The van der Waals surface area contributed by atoms with Crippen molar-refractivity contribution in [1.82, 2.24) is 9.97 Å². The minimum atomic E-state index is -0.208. The molecule has 6 heteroatoms. The molecule has 0 bridgehead atoms. The van der Waals surface area contributed by atoms with Crippen LogP contribution in [0.4, 0.5) is 5.82 Å².